The number of aromatic nitrogens is 2. The predicted molar refractivity (Wildman–Crippen MR) is 131 cm³/mol. The van der Waals surface area contributed by atoms with Gasteiger partial charge in [-0.2, -0.15) is 0 Å². The average Bonchev–Trinajstić information content (AvgIpc) is 3.43. The van der Waals surface area contributed by atoms with E-state index < -0.39 is 5.97 Å². The predicted octanol–water partition coefficient (Wildman–Crippen LogP) is 5.88. The summed E-state index contributed by atoms with van der Waals surface area (Å²) in [6.07, 6.45) is 6.76. The van der Waals surface area contributed by atoms with Crippen molar-refractivity contribution in [1.29, 1.82) is 0 Å². The van der Waals surface area contributed by atoms with Crippen LogP contribution in [0.3, 0.4) is 0 Å². The Morgan fingerprint density at radius 3 is 2.73 bits per heavy atom. The first-order chi connectivity index (χ1) is 15.9. The van der Waals surface area contributed by atoms with Gasteiger partial charge in [-0.25, -0.2) is 14.6 Å². The molecule has 0 spiro atoms. The number of ether oxygens (including phenoxy) is 1. The molecule has 174 valence electrons. The Kier molecular flexibility index (Phi) is 8.86. The highest BCUT2D eigenvalue weighted by Gasteiger charge is 2.18. The van der Waals surface area contributed by atoms with E-state index in [2.05, 4.69) is 11.9 Å². The van der Waals surface area contributed by atoms with E-state index in [0.717, 1.165) is 35.7 Å². The molecular weight excluding hydrogens is 460 g/mol. The van der Waals surface area contributed by atoms with E-state index in [4.69, 9.17) is 16.3 Å². The van der Waals surface area contributed by atoms with Crippen LogP contribution in [0.25, 0.3) is 6.08 Å². The van der Waals surface area contributed by atoms with Crippen molar-refractivity contribution in [1.82, 2.24) is 9.55 Å². The van der Waals surface area contributed by atoms with Crippen molar-refractivity contribution >= 4 is 41.0 Å². The van der Waals surface area contributed by atoms with E-state index in [1.54, 1.807) is 30.5 Å². The van der Waals surface area contributed by atoms with Crippen molar-refractivity contribution in [3.05, 3.63) is 80.0 Å². The minimum absolute atomic E-state index is 0.0615. The highest BCUT2D eigenvalue weighted by atomic mass is 35.5. The number of imidazole rings is 1. The molecule has 0 aliphatic heterocycles. The highest BCUT2D eigenvalue weighted by molar-refractivity contribution is 7.09. The molecule has 0 bridgehead atoms. The molecule has 6 nitrogen and oxygen atoms in total. The number of carboxylic acids is 1. The van der Waals surface area contributed by atoms with Gasteiger partial charge in [-0.1, -0.05) is 43.1 Å². The number of rotatable bonds is 11. The third-order valence-corrected chi connectivity index (χ3v) is 6.49. The Labute approximate surface area is 202 Å². The number of aromatic carboxylic acids is 1. The Morgan fingerprint density at radius 2 is 2.06 bits per heavy atom. The molecule has 33 heavy (non-hydrogen) atoms. The van der Waals surface area contributed by atoms with Crippen LogP contribution in [0.15, 0.2) is 47.5 Å². The third-order valence-electron chi connectivity index (χ3n) is 5.17. The van der Waals surface area contributed by atoms with Gasteiger partial charge in [-0.05, 0) is 42.5 Å². The molecule has 1 aromatic carbocycles. The largest absolute Gasteiger partial charge is 0.478 e. The quantitative estimate of drug-likeness (QED) is 0.270. The molecule has 0 radical (unpaired) electrons. The summed E-state index contributed by atoms with van der Waals surface area (Å²) in [5, 5.41) is 11.6. The summed E-state index contributed by atoms with van der Waals surface area (Å²) in [6.45, 7) is 4.53. The monoisotopic (exact) mass is 486 g/mol. The van der Waals surface area contributed by atoms with Crippen LogP contribution in [0.1, 0.15) is 59.0 Å². The van der Waals surface area contributed by atoms with Crippen LogP contribution in [0, 0.1) is 0 Å². The first-order valence-electron chi connectivity index (χ1n) is 10.9. The second kappa shape index (κ2) is 11.8. The van der Waals surface area contributed by atoms with Crippen molar-refractivity contribution in [3.8, 4) is 0 Å². The third kappa shape index (κ3) is 6.33. The van der Waals surface area contributed by atoms with Crippen molar-refractivity contribution < 1.29 is 19.4 Å². The number of halogens is 1. The van der Waals surface area contributed by atoms with Crippen LogP contribution in [0.5, 0.6) is 0 Å². The average molecular weight is 487 g/mol. The van der Waals surface area contributed by atoms with Crippen LogP contribution in [0.4, 0.5) is 0 Å². The second-order valence-electron chi connectivity index (χ2n) is 7.52. The van der Waals surface area contributed by atoms with Gasteiger partial charge < -0.3 is 14.4 Å². The zero-order valence-corrected chi connectivity index (χ0v) is 20.3. The zero-order valence-electron chi connectivity index (χ0n) is 18.7. The summed E-state index contributed by atoms with van der Waals surface area (Å²) >= 11 is 8.00. The lowest BCUT2D eigenvalue weighted by Crippen LogP contribution is -2.12. The van der Waals surface area contributed by atoms with Gasteiger partial charge in [0.2, 0.25) is 0 Å². The van der Waals surface area contributed by atoms with Crippen molar-refractivity contribution in [2.75, 3.05) is 6.61 Å². The number of hydrogen-bond donors (Lipinski definition) is 1. The number of benzene rings is 1. The van der Waals surface area contributed by atoms with Crippen molar-refractivity contribution in [2.24, 2.45) is 0 Å². The molecule has 2 aromatic heterocycles. The van der Waals surface area contributed by atoms with Crippen molar-refractivity contribution in [2.45, 2.75) is 46.1 Å². The summed E-state index contributed by atoms with van der Waals surface area (Å²) in [5.74, 6) is -0.571. The molecule has 0 amide bonds. The number of esters is 1. The molecular formula is C25H27ClN2O4S. The molecule has 8 heteroatoms. The molecule has 0 aliphatic rings. The summed E-state index contributed by atoms with van der Waals surface area (Å²) in [4.78, 5) is 29.9. The summed E-state index contributed by atoms with van der Waals surface area (Å²) < 4.78 is 7.29. The molecule has 3 rings (SSSR count). The topological polar surface area (TPSA) is 81.4 Å². The smallest absolute Gasteiger partial charge is 0.337 e. The minimum Gasteiger partial charge on any atom is -0.478 e. The maximum atomic E-state index is 12.7. The lowest BCUT2D eigenvalue weighted by molar-refractivity contribution is -0.138. The number of aryl methyl sites for hydroxylation is 1. The fourth-order valence-corrected chi connectivity index (χ4v) is 4.48. The van der Waals surface area contributed by atoms with Gasteiger partial charge in [0.15, 0.2) is 0 Å². The number of hydrogen-bond acceptors (Lipinski definition) is 5. The van der Waals surface area contributed by atoms with Gasteiger partial charge in [0.25, 0.3) is 0 Å². The lowest BCUT2D eigenvalue weighted by Gasteiger charge is -2.14. The molecule has 2 heterocycles. The number of carboxylic acid groups (broad SMARTS) is 1. The Morgan fingerprint density at radius 1 is 1.24 bits per heavy atom. The summed E-state index contributed by atoms with van der Waals surface area (Å²) in [6, 6.07) is 8.92. The van der Waals surface area contributed by atoms with Crippen LogP contribution in [-0.4, -0.2) is 33.2 Å². The number of carbonyl (C=O) groups excluding carboxylic acids is 1. The molecule has 0 unspecified atom stereocenters. The Bertz CT molecular complexity index is 1140. The van der Waals surface area contributed by atoms with E-state index in [1.165, 1.54) is 6.07 Å². The summed E-state index contributed by atoms with van der Waals surface area (Å²) in [5.41, 5.74) is 2.02. The van der Waals surface area contributed by atoms with Crippen molar-refractivity contribution in [3.63, 3.8) is 0 Å². The maximum absolute atomic E-state index is 12.7. The van der Waals surface area contributed by atoms with Gasteiger partial charge in [0.1, 0.15) is 5.82 Å². The second-order valence-corrected chi connectivity index (χ2v) is 8.93. The van der Waals surface area contributed by atoms with E-state index >= 15 is 0 Å². The number of thiophene rings is 1. The fourth-order valence-electron chi connectivity index (χ4n) is 3.48. The zero-order chi connectivity index (χ0) is 23.8. The Hall–Kier alpha value is -2.90. The molecule has 0 aliphatic carbocycles. The van der Waals surface area contributed by atoms with Crippen LogP contribution >= 0.6 is 22.9 Å². The van der Waals surface area contributed by atoms with E-state index in [9.17, 15) is 14.7 Å². The summed E-state index contributed by atoms with van der Waals surface area (Å²) in [7, 11) is 0. The van der Waals surface area contributed by atoms with Crippen LogP contribution < -0.4 is 0 Å². The fraction of sp³-hybridized carbons (Fsp3) is 0.320. The lowest BCUT2D eigenvalue weighted by atomic mass is 10.1. The molecule has 3 aromatic rings. The van der Waals surface area contributed by atoms with Crippen LogP contribution in [0.2, 0.25) is 5.02 Å². The number of unbranched alkanes of at least 4 members (excludes halogenated alkanes) is 1. The van der Waals surface area contributed by atoms with Gasteiger partial charge in [0.05, 0.1) is 35.6 Å². The molecule has 0 atom stereocenters. The van der Waals surface area contributed by atoms with E-state index in [0.29, 0.717) is 30.7 Å². The van der Waals surface area contributed by atoms with E-state index in [-0.39, 0.29) is 16.6 Å². The minimum atomic E-state index is -1.07. The Balaban J connectivity index is 2.04. The van der Waals surface area contributed by atoms with Gasteiger partial charge in [0, 0.05) is 23.3 Å². The maximum Gasteiger partial charge on any atom is 0.337 e. The highest BCUT2D eigenvalue weighted by Crippen LogP contribution is 2.25. The first kappa shape index (κ1) is 24.7. The van der Waals surface area contributed by atoms with E-state index in [1.807, 2.05) is 34.2 Å². The molecule has 0 fully saturated rings. The molecule has 0 saturated heterocycles. The molecule has 1 N–H and O–H groups in total. The van der Waals surface area contributed by atoms with Gasteiger partial charge in [-0.3, -0.25) is 0 Å². The first-order valence-corrected chi connectivity index (χ1v) is 12.2. The number of nitrogens with zero attached hydrogens (tertiary/aromatic N) is 2. The normalized spacial score (nSPS) is 11.5. The van der Waals surface area contributed by atoms with Gasteiger partial charge >= 0.3 is 11.9 Å². The van der Waals surface area contributed by atoms with Crippen LogP contribution in [-0.2, 0) is 28.9 Å². The van der Waals surface area contributed by atoms with Gasteiger partial charge in [-0.15, -0.1) is 11.3 Å². The molecule has 0 saturated carbocycles. The standard InChI is InChI=1S/C25H27ClN2O4S/c1-3-5-11-22-27-15-19(13-18(25(31)32-4-2)14-20-9-7-12-33-20)28(22)16-17-8-6-10-21(23(17)26)24(29)30/h6-10,12-13,15H,3-5,11,14,16H2,1-2H3,(H,29,30)/b18-13+. The number of carbonyl (C=O) groups is 2. The SMILES string of the molecule is CCCCc1ncc(/C=C(\Cc2cccs2)C(=O)OCC)n1Cc1cccc(C(=O)O)c1Cl.